The molecule has 0 saturated heterocycles. The molecule has 1 aliphatic heterocycles. The molecule has 10 heteroatoms. The first kappa shape index (κ1) is 35.2. The molecule has 1 heterocycles. The van der Waals surface area contributed by atoms with Gasteiger partial charge in [0.25, 0.3) is 11.8 Å². The van der Waals surface area contributed by atoms with Crippen molar-refractivity contribution in [2.75, 3.05) is 38.7 Å². The molecule has 2 aromatic rings. The summed E-state index contributed by atoms with van der Waals surface area (Å²) in [6, 6.07) is 13.7. The minimum absolute atomic E-state index is 0.0973. The lowest BCUT2D eigenvalue weighted by Crippen LogP contribution is -2.48. The molecule has 4 atom stereocenters. The SMILES string of the molecule is C[C@@H]1CCCCO[C@@H](CN(C)C(=O)c2ccccc2)[C@H](C)CN([C@H](C)CO)C(=O)c2cc(NC(=O)NC3CCCCC3)ccc2O1. The number of amides is 4. The Morgan fingerprint density at radius 1 is 1.02 bits per heavy atom. The second-order valence-electron chi connectivity index (χ2n) is 13.0. The van der Waals surface area contributed by atoms with E-state index in [1.807, 2.05) is 32.0 Å². The molecular weight excluding hydrogens is 584 g/mol. The minimum Gasteiger partial charge on any atom is -0.490 e. The molecule has 0 bridgehead atoms. The normalized spacial score (nSPS) is 22.5. The molecule has 0 spiro atoms. The predicted octanol–water partition coefficient (Wildman–Crippen LogP) is 5.71. The first-order valence-corrected chi connectivity index (χ1v) is 16.9. The number of nitrogens with zero attached hydrogens (tertiary/aromatic N) is 2. The number of fused-ring (bicyclic) bond motifs is 1. The highest BCUT2D eigenvalue weighted by atomic mass is 16.5. The Balaban J connectivity index is 1.58. The summed E-state index contributed by atoms with van der Waals surface area (Å²) in [5, 5.41) is 16.2. The number of rotatable bonds is 7. The summed E-state index contributed by atoms with van der Waals surface area (Å²) in [5.41, 5.74) is 1.41. The number of carbonyl (C=O) groups excluding carboxylic acids is 3. The van der Waals surface area contributed by atoms with E-state index >= 15 is 0 Å². The van der Waals surface area contributed by atoms with Gasteiger partial charge < -0.3 is 35.0 Å². The Labute approximate surface area is 273 Å². The summed E-state index contributed by atoms with van der Waals surface area (Å²) >= 11 is 0. The monoisotopic (exact) mass is 636 g/mol. The van der Waals surface area contributed by atoms with E-state index in [1.54, 1.807) is 54.1 Å². The van der Waals surface area contributed by atoms with Gasteiger partial charge in [0.1, 0.15) is 5.75 Å². The summed E-state index contributed by atoms with van der Waals surface area (Å²) < 4.78 is 12.7. The molecular formula is C36H52N4O6. The summed E-state index contributed by atoms with van der Waals surface area (Å²) in [7, 11) is 1.77. The van der Waals surface area contributed by atoms with Gasteiger partial charge in [-0.05, 0) is 76.3 Å². The molecule has 1 saturated carbocycles. The summed E-state index contributed by atoms with van der Waals surface area (Å²) in [6.45, 7) is 6.72. The molecule has 10 nitrogen and oxygen atoms in total. The Kier molecular flexibility index (Phi) is 13.3. The van der Waals surface area contributed by atoms with E-state index in [1.165, 1.54) is 6.42 Å². The third-order valence-corrected chi connectivity index (χ3v) is 9.07. The number of likely N-dealkylation sites (N-methyl/N-ethyl adjacent to an activating group) is 1. The fraction of sp³-hybridized carbons (Fsp3) is 0.583. The number of anilines is 1. The van der Waals surface area contributed by atoms with E-state index in [0.717, 1.165) is 44.9 Å². The Morgan fingerprint density at radius 3 is 2.46 bits per heavy atom. The van der Waals surface area contributed by atoms with Crippen LogP contribution in [0.3, 0.4) is 0 Å². The van der Waals surface area contributed by atoms with Gasteiger partial charge in [-0.2, -0.15) is 0 Å². The Bertz CT molecular complexity index is 1280. The number of nitrogens with one attached hydrogen (secondary N) is 2. The van der Waals surface area contributed by atoms with Gasteiger partial charge in [-0.25, -0.2) is 4.79 Å². The second-order valence-corrected chi connectivity index (χ2v) is 13.0. The van der Waals surface area contributed by atoms with Crippen molar-refractivity contribution in [3.63, 3.8) is 0 Å². The lowest BCUT2D eigenvalue weighted by atomic mass is 9.96. The van der Waals surface area contributed by atoms with Gasteiger partial charge in [0, 0.05) is 50.0 Å². The lowest BCUT2D eigenvalue weighted by molar-refractivity contribution is -0.0149. The average Bonchev–Trinajstić information content (AvgIpc) is 3.06. The van der Waals surface area contributed by atoms with Crippen LogP contribution in [0.15, 0.2) is 48.5 Å². The number of hydrogen-bond donors (Lipinski definition) is 3. The molecule has 1 aliphatic carbocycles. The molecule has 4 rings (SSSR count). The van der Waals surface area contributed by atoms with Gasteiger partial charge in [-0.1, -0.05) is 44.4 Å². The highest BCUT2D eigenvalue weighted by Gasteiger charge is 2.31. The van der Waals surface area contributed by atoms with Crippen LogP contribution in [0.5, 0.6) is 5.75 Å². The average molecular weight is 637 g/mol. The van der Waals surface area contributed by atoms with Gasteiger partial charge in [0.05, 0.1) is 30.4 Å². The number of urea groups is 1. The summed E-state index contributed by atoms with van der Waals surface area (Å²) in [4.78, 5) is 43.7. The molecule has 0 aromatic heterocycles. The van der Waals surface area contributed by atoms with E-state index in [4.69, 9.17) is 9.47 Å². The minimum atomic E-state index is -0.497. The Hall–Kier alpha value is -3.63. The first-order valence-electron chi connectivity index (χ1n) is 16.9. The Morgan fingerprint density at radius 2 is 1.74 bits per heavy atom. The van der Waals surface area contributed by atoms with Crippen LogP contribution in [0, 0.1) is 5.92 Å². The van der Waals surface area contributed by atoms with Crippen molar-refractivity contribution >= 4 is 23.5 Å². The topological polar surface area (TPSA) is 120 Å². The van der Waals surface area contributed by atoms with Crippen LogP contribution < -0.4 is 15.4 Å². The molecule has 0 radical (unpaired) electrons. The van der Waals surface area contributed by atoms with Crippen LogP contribution in [-0.2, 0) is 4.74 Å². The van der Waals surface area contributed by atoms with E-state index in [-0.39, 0.29) is 55.2 Å². The zero-order chi connectivity index (χ0) is 33.1. The number of hydrogen-bond acceptors (Lipinski definition) is 6. The highest BCUT2D eigenvalue weighted by molar-refractivity contribution is 5.99. The predicted molar refractivity (Wildman–Crippen MR) is 179 cm³/mol. The van der Waals surface area contributed by atoms with Gasteiger partial charge >= 0.3 is 6.03 Å². The van der Waals surface area contributed by atoms with Crippen molar-refractivity contribution in [3.05, 3.63) is 59.7 Å². The maximum absolute atomic E-state index is 14.3. The van der Waals surface area contributed by atoms with Crippen molar-refractivity contribution < 1.29 is 29.0 Å². The molecule has 252 valence electrons. The number of carbonyl (C=O) groups is 3. The maximum atomic E-state index is 14.3. The fourth-order valence-electron chi connectivity index (χ4n) is 6.22. The standard InChI is InChI=1S/C36H52N4O6/c1-25-22-40(26(2)24-41)35(43)31-21-30(38-36(44)37-29-16-9-6-10-17-29)18-19-32(31)46-27(3)13-11-12-20-45-33(25)23-39(4)34(42)28-14-7-5-8-15-28/h5,7-8,14-15,18-19,21,25-27,29,33,41H,6,9-13,16-17,20,22-24H2,1-4H3,(H2,37,38,44)/t25-,26-,27-,33+/m1/s1. The highest BCUT2D eigenvalue weighted by Crippen LogP contribution is 2.29. The van der Waals surface area contributed by atoms with Crippen LogP contribution in [0.4, 0.5) is 10.5 Å². The van der Waals surface area contributed by atoms with Gasteiger partial charge in [-0.15, -0.1) is 0 Å². The summed E-state index contributed by atoms with van der Waals surface area (Å²) in [5.74, 6) is -0.134. The van der Waals surface area contributed by atoms with E-state index in [0.29, 0.717) is 35.7 Å². The number of aliphatic hydroxyl groups is 1. The number of aliphatic hydroxyl groups excluding tert-OH is 1. The van der Waals surface area contributed by atoms with Crippen LogP contribution >= 0.6 is 0 Å². The van der Waals surface area contributed by atoms with E-state index in [9.17, 15) is 19.5 Å². The van der Waals surface area contributed by atoms with Gasteiger partial charge in [0.2, 0.25) is 0 Å². The quantitative estimate of drug-likeness (QED) is 0.358. The zero-order valence-corrected chi connectivity index (χ0v) is 27.9. The van der Waals surface area contributed by atoms with E-state index < -0.39 is 6.04 Å². The molecule has 2 aliphatic rings. The third kappa shape index (κ3) is 9.93. The molecule has 4 amide bonds. The maximum Gasteiger partial charge on any atom is 0.319 e. The molecule has 2 aromatic carbocycles. The van der Waals surface area contributed by atoms with Crippen molar-refractivity contribution in [2.45, 2.75) is 96.4 Å². The van der Waals surface area contributed by atoms with Gasteiger partial charge in [-0.3, -0.25) is 9.59 Å². The smallest absolute Gasteiger partial charge is 0.319 e. The van der Waals surface area contributed by atoms with Gasteiger partial charge in [0.15, 0.2) is 0 Å². The van der Waals surface area contributed by atoms with Crippen LogP contribution in [-0.4, -0.2) is 90.4 Å². The third-order valence-electron chi connectivity index (χ3n) is 9.07. The van der Waals surface area contributed by atoms with Crippen LogP contribution in [0.25, 0.3) is 0 Å². The van der Waals surface area contributed by atoms with Crippen molar-refractivity contribution in [1.82, 2.24) is 15.1 Å². The van der Waals surface area contributed by atoms with Crippen molar-refractivity contribution in [2.24, 2.45) is 5.92 Å². The van der Waals surface area contributed by atoms with E-state index in [2.05, 4.69) is 10.6 Å². The fourth-order valence-corrected chi connectivity index (χ4v) is 6.22. The lowest BCUT2D eigenvalue weighted by Gasteiger charge is -2.36. The first-order chi connectivity index (χ1) is 22.2. The molecule has 0 unspecified atom stereocenters. The zero-order valence-electron chi connectivity index (χ0n) is 27.9. The number of ether oxygens (including phenoxy) is 2. The van der Waals surface area contributed by atoms with Crippen molar-refractivity contribution in [3.8, 4) is 5.75 Å². The number of benzene rings is 2. The summed E-state index contributed by atoms with van der Waals surface area (Å²) in [6.07, 6.45) is 7.32. The van der Waals surface area contributed by atoms with Crippen molar-refractivity contribution in [1.29, 1.82) is 0 Å². The largest absolute Gasteiger partial charge is 0.490 e. The molecule has 46 heavy (non-hydrogen) atoms. The second kappa shape index (κ2) is 17.3. The van der Waals surface area contributed by atoms with Crippen LogP contribution in [0.1, 0.15) is 92.9 Å². The molecule has 1 fully saturated rings. The molecule has 3 N–H and O–H groups in total. The van der Waals surface area contributed by atoms with Crippen LogP contribution in [0.2, 0.25) is 0 Å².